The summed E-state index contributed by atoms with van der Waals surface area (Å²) in [7, 11) is 0. The molecule has 1 amide bonds. The number of nitrogens with one attached hydrogen (secondary N) is 1. The molecule has 0 aliphatic rings. The monoisotopic (exact) mass is 253 g/mol. The van der Waals surface area contributed by atoms with Crippen molar-refractivity contribution in [3.8, 4) is 6.07 Å². The average Bonchev–Trinajstić information content (AvgIpc) is 2.58. The van der Waals surface area contributed by atoms with Crippen molar-refractivity contribution < 1.29 is 9.53 Å². The van der Waals surface area contributed by atoms with E-state index in [1.807, 2.05) is 13.0 Å². The largest absolute Gasteiger partial charge is 0.444 e. The minimum atomic E-state index is -0.769. The van der Waals surface area contributed by atoms with Gasteiger partial charge in [-0.3, -0.25) is 0 Å². The smallest absolute Gasteiger partial charge is 0.409 e. The number of carbonyl (C=O) groups excluding carboxylic acids is 1. The number of rotatable bonds is 2. The first-order chi connectivity index (χ1) is 7.81. The van der Waals surface area contributed by atoms with Gasteiger partial charge in [0.25, 0.3) is 0 Å². The molecule has 0 aliphatic carbocycles. The van der Waals surface area contributed by atoms with Crippen LogP contribution in [0.1, 0.15) is 37.5 Å². The first kappa shape index (κ1) is 13.5. The van der Waals surface area contributed by atoms with Gasteiger partial charge in [0.2, 0.25) is 0 Å². The van der Waals surface area contributed by atoms with Crippen LogP contribution in [-0.2, 0) is 4.74 Å². The highest BCUT2D eigenvalue weighted by molar-refractivity contribution is 7.09. The maximum absolute atomic E-state index is 11.5. The van der Waals surface area contributed by atoms with Crippen molar-refractivity contribution in [2.75, 3.05) is 0 Å². The maximum atomic E-state index is 11.5. The first-order valence-electron chi connectivity index (χ1n) is 5.13. The lowest BCUT2D eigenvalue weighted by Crippen LogP contribution is -2.34. The minimum Gasteiger partial charge on any atom is -0.444 e. The summed E-state index contributed by atoms with van der Waals surface area (Å²) in [5.74, 6) is 0. The zero-order valence-electron chi connectivity index (χ0n) is 10.3. The number of aryl methyl sites for hydroxylation is 1. The number of thiazole rings is 1. The number of alkyl carbamates (subject to hydrolysis) is 1. The Kier molecular flexibility index (Phi) is 4.07. The predicted molar refractivity (Wildman–Crippen MR) is 64.6 cm³/mol. The molecule has 0 saturated carbocycles. The highest BCUT2D eigenvalue weighted by Gasteiger charge is 2.21. The van der Waals surface area contributed by atoms with Gasteiger partial charge in [-0.1, -0.05) is 0 Å². The highest BCUT2D eigenvalue weighted by atomic mass is 32.1. The van der Waals surface area contributed by atoms with E-state index in [0.717, 1.165) is 5.01 Å². The van der Waals surface area contributed by atoms with Crippen molar-refractivity contribution in [2.24, 2.45) is 0 Å². The second kappa shape index (κ2) is 5.15. The molecule has 1 unspecified atom stereocenters. The summed E-state index contributed by atoms with van der Waals surface area (Å²) in [6.07, 6.45) is -0.616. The van der Waals surface area contributed by atoms with Crippen LogP contribution in [-0.4, -0.2) is 16.7 Å². The van der Waals surface area contributed by atoms with Gasteiger partial charge in [-0.05, 0) is 27.7 Å². The van der Waals surface area contributed by atoms with Crippen LogP contribution in [0.25, 0.3) is 0 Å². The van der Waals surface area contributed by atoms with E-state index in [-0.39, 0.29) is 0 Å². The lowest BCUT2D eigenvalue weighted by atomic mass is 10.2. The molecule has 1 rings (SSSR count). The van der Waals surface area contributed by atoms with Crippen molar-refractivity contribution in [2.45, 2.75) is 39.3 Å². The zero-order valence-corrected chi connectivity index (χ0v) is 11.1. The molecule has 0 aromatic carbocycles. The average molecular weight is 253 g/mol. The van der Waals surface area contributed by atoms with Gasteiger partial charge >= 0.3 is 6.09 Å². The van der Waals surface area contributed by atoms with Gasteiger partial charge in [-0.15, -0.1) is 11.3 Å². The first-order valence-corrected chi connectivity index (χ1v) is 6.01. The Morgan fingerprint density at radius 1 is 1.65 bits per heavy atom. The van der Waals surface area contributed by atoms with E-state index >= 15 is 0 Å². The van der Waals surface area contributed by atoms with Crippen molar-refractivity contribution in [1.29, 1.82) is 5.26 Å². The molecule has 17 heavy (non-hydrogen) atoms. The normalized spacial score (nSPS) is 12.6. The van der Waals surface area contributed by atoms with Crippen LogP contribution >= 0.6 is 11.3 Å². The van der Waals surface area contributed by atoms with E-state index in [0.29, 0.717) is 5.69 Å². The van der Waals surface area contributed by atoms with Crippen LogP contribution in [0.3, 0.4) is 0 Å². The van der Waals surface area contributed by atoms with Crippen LogP contribution in [0.2, 0.25) is 0 Å². The third-order valence-electron chi connectivity index (χ3n) is 1.72. The second-order valence-corrected chi connectivity index (χ2v) is 5.56. The Balaban J connectivity index is 2.66. The van der Waals surface area contributed by atoms with Gasteiger partial charge in [0.15, 0.2) is 6.04 Å². The summed E-state index contributed by atoms with van der Waals surface area (Å²) in [6.45, 7) is 7.14. The van der Waals surface area contributed by atoms with E-state index in [1.165, 1.54) is 11.3 Å². The molecular formula is C11H15N3O2S. The molecule has 5 nitrogen and oxygen atoms in total. The number of ether oxygens (including phenoxy) is 1. The standard InChI is InChI=1S/C11H15N3O2S/c1-7-13-9(6-17-7)8(5-12)14-10(15)16-11(2,3)4/h6,8H,1-4H3,(H,14,15). The molecule has 1 aromatic rings. The van der Waals surface area contributed by atoms with Crippen molar-refractivity contribution in [1.82, 2.24) is 10.3 Å². The third-order valence-corrected chi connectivity index (χ3v) is 2.51. The van der Waals surface area contributed by atoms with Crippen LogP contribution in [0, 0.1) is 18.3 Å². The van der Waals surface area contributed by atoms with E-state index in [2.05, 4.69) is 10.3 Å². The maximum Gasteiger partial charge on any atom is 0.409 e. The molecule has 1 heterocycles. The fraction of sp³-hybridized carbons (Fsp3) is 0.545. The van der Waals surface area contributed by atoms with Gasteiger partial charge in [-0.2, -0.15) is 5.26 Å². The summed E-state index contributed by atoms with van der Waals surface area (Å²) in [5.41, 5.74) is -0.0388. The topological polar surface area (TPSA) is 75.0 Å². The quantitative estimate of drug-likeness (QED) is 0.878. The number of nitriles is 1. The van der Waals surface area contributed by atoms with Crippen molar-refractivity contribution >= 4 is 17.4 Å². The van der Waals surface area contributed by atoms with Crippen molar-refractivity contribution in [3.05, 3.63) is 16.1 Å². The van der Waals surface area contributed by atoms with Crippen LogP contribution in [0.4, 0.5) is 4.79 Å². The van der Waals surface area contributed by atoms with Gasteiger partial charge < -0.3 is 10.1 Å². The van der Waals surface area contributed by atoms with Crippen LogP contribution in [0.5, 0.6) is 0 Å². The summed E-state index contributed by atoms with van der Waals surface area (Å²) in [5, 5.41) is 14.1. The summed E-state index contributed by atoms with van der Waals surface area (Å²) < 4.78 is 5.07. The van der Waals surface area contributed by atoms with E-state index < -0.39 is 17.7 Å². The Labute approximate surface area is 104 Å². The molecule has 0 aliphatic heterocycles. The summed E-state index contributed by atoms with van der Waals surface area (Å²) >= 11 is 1.43. The third kappa shape index (κ3) is 4.41. The molecule has 0 bridgehead atoms. The SMILES string of the molecule is Cc1nc(C(C#N)NC(=O)OC(C)(C)C)cs1. The molecule has 6 heteroatoms. The number of aromatic nitrogens is 1. The van der Waals surface area contributed by atoms with E-state index in [1.54, 1.807) is 26.2 Å². The molecule has 0 saturated heterocycles. The number of hydrogen-bond acceptors (Lipinski definition) is 5. The number of amides is 1. The predicted octanol–water partition coefficient (Wildman–Crippen LogP) is 2.54. The van der Waals surface area contributed by atoms with Gasteiger partial charge in [-0.25, -0.2) is 9.78 Å². The van der Waals surface area contributed by atoms with Crippen LogP contribution in [0.15, 0.2) is 5.38 Å². The number of carbonyl (C=O) groups is 1. The fourth-order valence-electron chi connectivity index (χ4n) is 1.11. The minimum absolute atomic E-state index is 0.542. The lowest BCUT2D eigenvalue weighted by molar-refractivity contribution is 0.0514. The second-order valence-electron chi connectivity index (χ2n) is 4.50. The Morgan fingerprint density at radius 3 is 2.71 bits per heavy atom. The number of hydrogen-bond donors (Lipinski definition) is 1. The van der Waals surface area contributed by atoms with Crippen LogP contribution < -0.4 is 5.32 Å². The molecule has 92 valence electrons. The number of nitrogens with zero attached hydrogens (tertiary/aromatic N) is 2. The Hall–Kier alpha value is -1.61. The lowest BCUT2D eigenvalue weighted by Gasteiger charge is -2.20. The molecule has 1 atom stereocenters. The molecule has 1 aromatic heterocycles. The zero-order chi connectivity index (χ0) is 13.1. The Bertz CT molecular complexity index is 442. The molecule has 0 fully saturated rings. The van der Waals surface area contributed by atoms with Gasteiger partial charge in [0.05, 0.1) is 16.8 Å². The van der Waals surface area contributed by atoms with Crippen molar-refractivity contribution in [3.63, 3.8) is 0 Å². The fourth-order valence-corrected chi connectivity index (χ4v) is 1.75. The molecule has 0 spiro atoms. The van der Waals surface area contributed by atoms with E-state index in [9.17, 15) is 4.79 Å². The summed E-state index contributed by atoms with van der Waals surface area (Å²) in [4.78, 5) is 15.7. The Morgan fingerprint density at radius 2 is 2.29 bits per heavy atom. The van der Waals surface area contributed by atoms with E-state index in [4.69, 9.17) is 10.00 Å². The highest BCUT2D eigenvalue weighted by Crippen LogP contribution is 2.16. The molecular weight excluding hydrogens is 238 g/mol. The summed E-state index contributed by atoms with van der Waals surface area (Å²) in [6, 6.07) is 1.21. The van der Waals surface area contributed by atoms with Gasteiger partial charge in [0, 0.05) is 5.38 Å². The van der Waals surface area contributed by atoms with Gasteiger partial charge in [0.1, 0.15) is 5.60 Å². The molecule has 0 radical (unpaired) electrons. The molecule has 1 N–H and O–H groups in total.